The van der Waals surface area contributed by atoms with Gasteiger partial charge in [-0.05, 0) is 33.1 Å². The van der Waals surface area contributed by atoms with E-state index in [2.05, 4.69) is 6.92 Å². The smallest absolute Gasteiger partial charge is 0.306 e. The zero-order valence-electron chi connectivity index (χ0n) is 13.9. The van der Waals surface area contributed by atoms with Gasteiger partial charge in [-0.1, -0.05) is 40.0 Å². The van der Waals surface area contributed by atoms with Crippen LogP contribution in [0.15, 0.2) is 0 Å². The molecule has 0 amide bonds. The Kier molecular flexibility index (Phi) is 12.6. The third-order valence-electron chi connectivity index (χ3n) is 3.36. The lowest BCUT2D eigenvalue weighted by Gasteiger charge is -2.25. The molecule has 0 fully saturated rings. The Morgan fingerprint density at radius 1 is 1.17 bits per heavy atom. The fraction of sp³-hybridized carbons (Fsp3) is 0.938. The van der Waals surface area contributed by atoms with Gasteiger partial charge in [0, 0.05) is 6.42 Å². The SMILES string of the molecule is C.CCCCCCCC(C)(C)OC(=O)CCC(O)CS(=O)(=O)O. The van der Waals surface area contributed by atoms with Crippen molar-refractivity contribution in [3.8, 4) is 0 Å². The number of aliphatic hydroxyl groups is 1. The van der Waals surface area contributed by atoms with Gasteiger partial charge in [-0.3, -0.25) is 9.35 Å². The van der Waals surface area contributed by atoms with E-state index < -0.39 is 33.5 Å². The van der Waals surface area contributed by atoms with E-state index in [1.54, 1.807) is 0 Å². The van der Waals surface area contributed by atoms with Crippen LogP contribution in [0.1, 0.15) is 79.6 Å². The fourth-order valence-electron chi connectivity index (χ4n) is 2.18. The van der Waals surface area contributed by atoms with E-state index >= 15 is 0 Å². The van der Waals surface area contributed by atoms with Crippen LogP contribution in [0, 0.1) is 0 Å². The molecule has 140 valence electrons. The lowest BCUT2D eigenvalue weighted by Crippen LogP contribution is -2.29. The first-order valence-corrected chi connectivity index (χ1v) is 9.52. The second-order valence-corrected chi connectivity index (χ2v) is 7.84. The van der Waals surface area contributed by atoms with Gasteiger partial charge in [-0.25, -0.2) is 0 Å². The molecular formula is C16H34O6S. The molecule has 7 heteroatoms. The number of carbonyl (C=O) groups is 1. The highest BCUT2D eigenvalue weighted by Gasteiger charge is 2.23. The van der Waals surface area contributed by atoms with Gasteiger partial charge in [0.15, 0.2) is 0 Å². The van der Waals surface area contributed by atoms with Crippen molar-refractivity contribution in [3.05, 3.63) is 0 Å². The summed E-state index contributed by atoms with van der Waals surface area (Å²) >= 11 is 0. The summed E-state index contributed by atoms with van der Waals surface area (Å²) in [6.45, 7) is 5.85. The molecule has 23 heavy (non-hydrogen) atoms. The number of aliphatic hydroxyl groups excluding tert-OH is 1. The molecule has 0 spiro atoms. The molecule has 2 N–H and O–H groups in total. The summed E-state index contributed by atoms with van der Waals surface area (Å²) < 4.78 is 35.1. The van der Waals surface area contributed by atoms with Crippen LogP contribution in [0.25, 0.3) is 0 Å². The predicted molar refractivity (Wildman–Crippen MR) is 91.9 cm³/mol. The zero-order valence-corrected chi connectivity index (χ0v) is 14.7. The molecule has 1 unspecified atom stereocenters. The van der Waals surface area contributed by atoms with E-state index in [1.165, 1.54) is 19.3 Å². The molecule has 0 saturated heterocycles. The molecule has 1 atom stereocenters. The van der Waals surface area contributed by atoms with Crippen LogP contribution in [0.3, 0.4) is 0 Å². The van der Waals surface area contributed by atoms with Crippen molar-refractivity contribution >= 4 is 16.1 Å². The van der Waals surface area contributed by atoms with Gasteiger partial charge in [0.05, 0.1) is 6.10 Å². The Morgan fingerprint density at radius 2 is 1.74 bits per heavy atom. The number of carbonyl (C=O) groups excluding carboxylic acids is 1. The third-order valence-corrected chi connectivity index (χ3v) is 4.16. The van der Waals surface area contributed by atoms with Crippen molar-refractivity contribution in [1.82, 2.24) is 0 Å². The molecule has 0 aromatic rings. The van der Waals surface area contributed by atoms with Gasteiger partial charge < -0.3 is 9.84 Å². The van der Waals surface area contributed by atoms with E-state index in [0.717, 1.165) is 19.3 Å². The Hall–Kier alpha value is -0.660. The Bertz CT molecular complexity index is 416. The second-order valence-electron chi connectivity index (χ2n) is 6.34. The molecule has 6 nitrogen and oxygen atoms in total. The first-order valence-electron chi connectivity index (χ1n) is 7.91. The lowest BCUT2D eigenvalue weighted by molar-refractivity contribution is -0.157. The maximum Gasteiger partial charge on any atom is 0.306 e. The molecule has 0 aliphatic carbocycles. The Morgan fingerprint density at radius 3 is 2.26 bits per heavy atom. The zero-order chi connectivity index (χ0) is 17.2. The standard InChI is InChI=1S/C15H30O6S.CH4/c1-4-5-6-7-8-11-15(2,3)21-14(17)10-9-13(16)12-22(18,19)20;/h13,16H,4-12H2,1-3H3,(H,18,19,20);1H4. The molecule has 0 aromatic carbocycles. The maximum atomic E-state index is 11.7. The highest BCUT2D eigenvalue weighted by Crippen LogP contribution is 2.20. The summed E-state index contributed by atoms with van der Waals surface area (Å²) in [6.07, 6.45) is 5.07. The van der Waals surface area contributed by atoms with E-state index in [-0.39, 0.29) is 20.3 Å². The van der Waals surface area contributed by atoms with Crippen molar-refractivity contribution in [2.75, 3.05) is 5.75 Å². The normalized spacial score (nSPS) is 13.3. The van der Waals surface area contributed by atoms with Gasteiger partial charge in [-0.2, -0.15) is 8.42 Å². The largest absolute Gasteiger partial charge is 0.460 e. The number of rotatable bonds is 12. The van der Waals surface area contributed by atoms with Gasteiger partial charge in [0.1, 0.15) is 11.4 Å². The van der Waals surface area contributed by atoms with Gasteiger partial charge in [-0.15, -0.1) is 0 Å². The fourth-order valence-corrected chi connectivity index (χ4v) is 2.83. The van der Waals surface area contributed by atoms with Gasteiger partial charge in [0.2, 0.25) is 0 Å². The molecule has 0 heterocycles. The van der Waals surface area contributed by atoms with Crippen molar-refractivity contribution in [1.29, 1.82) is 0 Å². The van der Waals surface area contributed by atoms with E-state index in [0.29, 0.717) is 0 Å². The highest BCUT2D eigenvalue weighted by atomic mass is 32.2. The molecule has 0 aromatic heterocycles. The number of unbranched alkanes of at least 4 members (excludes halogenated alkanes) is 4. The van der Waals surface area contributed by atoms with Crippen molar-refractivity contribution < 1.29 is 27.6 Å². The van der Waals surface area contributed by atoms with E-state index in [1.807, 2.05) is 13.8 Å². The number of ether oxygens (including phenoxy) is 1. The minimum absolute atomic E-state index is 0. The minimum Gasteiger partial charge on any atom is -0.460 e. The number of hydrogen-bond acceptors (Lipinski definition) is 5. The Labute approximate surface area is 141 Å². The predicted octanol–water partition coefficient (Wildman–Crippen LogP) is 3.33. The Balaban J connectivity index is 0. The average Bonchev–Trinajstić information content (AvgIpc) is 2.33. The van der Waals surface area contributed by atoms with Crippen LogP contribution in [-0.4, -0.2) is 41.5 Å². The van der Waals surface area contributed by atoms with Crippen LogP contribution < -0.4 is 0 Å². The second kappa shape index (κ2) is 11.8. The quantitative estimate of drug-likeness (QED) is 0.317. The van der Waals surface area contributed by atoms with Gasteiger partial charge >= 0.3 is 5.97 Å². The van der Waals surface area contributed by atoms with Crippen molar-refractivity contribution in [3.63, 3.8) is 0 Å². The van der Waals surface area contributed by atoms with Crippen LogP contribution in [0.5, 0.6) is 0 Å². The summed E-state index contributed by atoms with van der Waals surface area (Å²) in [4.78, 5) is 11.7. The first kappa shape index (κ1) is 24.6. The molecule has 0 rings (SSSR count). The van der Waals surface area contributed by atoms with Crippen molar-refractivity contribution in [2.45, 2.75) is 91.3 Å². The summed E-state index contributed by atoms with van der Waals surface area (Å²) in [5.41, 5.74) is -0.558. The summed E-state index contributed by atoms with van der Waals surface area (Å²) in [7, 11) is -4.23. The third kappa shape index (κ3) is 16.0. The van der Waals surface area contributed by atoms with E-state index in [4.69, 9.17) is 9.29 Å². The monoisotopic (exact) mass is 354 g/mol. The number of esters is 1. The molecular weight excluding hydrogens is 320 g/mol. The molecule has 0 saturated carbocycles. The van der Waals surface area contributed by atoms with Crippen LogP contribution in [0.4, 0.5) is 0 Å². The van der Waals surface area contributed by atoms with Crippen molar-refractivity contribution in [2.24, 2.45) is 0 Å². The summed E-state index contributed by atoms with van der Waals surface area (Å²) in [5.74, 6) is -1.23. The first-order chi connectivity index (χ1) is 10.1. The molecule has 0 aliphatic heterocycles. The maximum absolute atomic E-state index is 11.7. The minimum atomic E-state index is -4.23. The van der Waals surface area contributed by atoms with Crippen LogP contribution in [0.2, 0.25) is 0 Å². The molecule has 0 bridgehead atoms. The lowest BCUT2D eigenvalue weighted by atomic mass is 9.99. The van der Waals surface area contributed by atoms with Crippen LogP contribution in [-0.2, 0) is 19.6 Å². The summed E-state index contributed by atoms with van der Waals surface area (Å²) in [5, 5.41) is 9.41. The molecule has 0 radical (unpaired) electrons. The van der Waals surface area contributed by atoms with Gasteiger partial charge in [0.25, 0.3) is 10.1 Å². The number of hydrogen-bond donors (Lipinski definition) is 2. The van der Waals surface area contributed by atoms with Crippen LogP contribution >= 0.6 is 0 Å². The topological polar surface area (TPSA) is 101 Å². The average molecular weight is 355 g/mol. The van der Waals surface area contributed by atoms with E-state index in [9.17, 15) is 18.3 Å². The summed E-state index contributed by atoms with van der Waals surface area (Å²) in [6, 6.07) is 0. The molecule has 0 aliphatic rings. The highest BCUT2D eigenvalue weighted by molar-refractivity contribution is 7.85.